The van der Waals surface area contributed by atoms with E-state index in [2.05, 4.69) is 4.90 Å². The van der Waals surface area contributed by atoms with E-state index < -0.39 is 11.9 Å². The molecule has 0 unspecified atom stereocenters. The topological polar surface area (TPSA) is 60.9 Å². The van der Waals surface area contributed by atoms with Gasteiger partial charge >= 0.3 is 5.97 Å². The molecule has 5 nitrogen and oxygen atoms in total. The minimum absolute atomic E-state index is 0.137. The quantitative estimate of drug-likeness (QED) is 0.860. The summed E-state index contributed by atoms with van der Waals surface area (Å²) >= 11 is 0. The molecule has 1 aliphatic heterocycles. The van der Waals surface area contributed by atoms with Crippen molar-refractivity contribution in [2.75, 3.05) is 26.2 Å². The Morgan fingerprint density at radius 3 is 2.04 bits per heavy atom. The molecular weight excluding hydrogens is 304 g/mol. The molecule has 4 atom stereocenters. The minimum atomic E-state index is -0.749. The van der Waals surface area contributed by atoms with Crippen LogP contribution in [0.1, 0.15) is 51.4 Å². The lowest BCUT2D eigenvalue weighted by Crippen LogP contribution is -2.54. The third kappa shape index (κ3) is 2.85. The summed E-state index contributed by atoms with van der Waals surface area (Å²) in [5.41, 5.74) is 0. The van der Waals surface area contributed by atoms with Crippen LogP contribution in [0.25, 0.3) is 0 Å². The summed E-state index contributed by atoms with van der Waals surface area (Å²) in [5.74, 6) is -0.723. The Hall–Kier alpha value is -1.10. The molecule has 24 heavy (non-hydrogen) atoms. The van der Waals surface area contributed by atoms with E-state index in [-0.39, 0.29) is 17.7 Å². The lowest BCUT2D eigenvalue weighted by molar-refractivity contribution is -0.153. The molecule has 1 heterocycles. The van der Waals surface area contributed by atoms with Crippen molar-refractivity contribution in [2.24, 2.45) is 23.7 Å². The van der Waals surface area contributed by atoms with Gasteiger partial charge < -0.3 is 10.0 Å². The maximum Gasteiger partial charge on any atom is 0.307 e. The Bertz CT molecular complexity index is 495. The molecule has 3 saturated carbocycles. The van der Waals surface area contributed by atoms with Gasteiger partial charge in [0.05, 0.1) is 11.8 Å². The number of carboxylic acids is 1. The van der Waals surface area contributed by atoms with Gasteiger partial charge in [-0.25, -0.2) is 0 Å². The first-order valence-electron chi connectivity index (χ1n) is 9.91. The van der Waals surface area contributed by atoms with Gasteiger partial charge in [0.1, 0.15) is 0 Å². The van der Waals surface area contributed by atoms with Crippen LogP contribution < -0.4 is 0 Å². The van der Waals surface area contributed by atoms with Gasteiger partial charge in [-0.3, -0.25) is 14.5 Å². The molecule has 0 aromatic heterocycles. The largest absolute Gasteiger partial charge is 0.481 e. The summed E-state index contributed by atoms with van der Waals surface area (Å²) in [5, 5.41) is 9.59. The van der Waals surface area contributed by atoms with Gasteiger partial charge in [0.25, 0.3) is 0 Å². The second-order valence-corrected chi connectivity index (χ2v) is 8.38. The second-order valence-electron chi connectivity index (χ2n) is 8.38. The molecule has 4 rings (SSSR count). The second kappa shape index (κ2) is 6.66. The standard InChI is InChI=1S/C19H30N2O3/c22-18(16-13-6-7-14(12-13)17(16)19(23)24)21-10-8-20(9-11-21)15-4-2-1-3-5-15/h13-17H,1-12H2,(H,23,24)/t13-,14-,16+,17+/m0/s1. The SMILES string of the molecule is O=C(O)[C@@H]1[C@H]2CC[C@@H](C2)[C@H]1C(=O)N1CCN(C2CCCCC2)CC1. The summed E-state index contributed by atoms with van der Waals surface area (Å²) in [6.45, 7) is 3.51. The van der Waals surface area contributed by atoms with Crippen molar-refractivity contribution in [2.45, 2.75) is 57.4 Å². The normalized spacial score (nSPS) is 37.8. The van der Waals surface area contributed by atoms with Crippen molar-refractivity contribution < 1.29 is 14.7 Å². The van der Waals surface area contributed by atoms with Crippen LogP contribution in [0, 0.1) is 23.7 Å². The van der Waals surface area contributed by atoms with E-state index in [4.69, 9.17) is 0 Å². The molecule has 2 bridgehead atoms. The fourth-order valence-electron chi connectivity index (χ4n) is 5.97. The first-order chi connectivity index (χ1) is 11.6. The number of hydrogen-bond acceptors (Lipinski definition) is 3. The molecular formula is C19H30N2O3. The average molecular weight is 334 g/mol. The summed E-state index contributed by atoms with van der Waals surface area (Å²) < 4.78 is 0. The van der Waals surface area contributed by atoms with Crippen molar-refractivity contribution >= 4 is 11.9 Å². The number of hydrogen-bond donors (Lipinski definition) is 1. The lowest BCUT2D eigenvalue weighted by atomic mass is 9.78. The fraction of sp³-hybridized carbons (Fsp3) is 0.895. The van der Waals surface area contributed by atoms with Crippen molar-refractivity contribution in [3.63, 3.8) is 0 Å². The van der Waals surface area contributed by atoms with Crippen molar-refractivity contribution in [3.8, 4) is 0 Å². The highest BCUT2D eigenvalue weighted by Gasteiger charge is 2.54. The van der Waals surface area contributed by atoms with Crippen LogP contribution in [0.4, 0.5) is 0 Å². The van der Waals surface area contributed by atoms with Crippen LogP contribution in [-0.4, -0.2) is 59.0 Å². The highest BCUT2D eigenvalue weighted by atomic mass is 16.4. The van der Waals surface area contributed by atoms with Gasteiger partial charge in [-0.05, 0) is 43.9 Å². The molecule has 0 radical (unpaired) electrons. The maximum atomic E-state index is 13.0. The van der Waals surface area contributed by atoms with Gasteiger partial charge in [0.15, 0.2) is 0 Å². The van der Waals surface area contributed by atoms with Gasteiger partial charge in [0, 0.05) is 32.2 Å². The number of rotatable bonds is 3. The molecule has 4 aliphatic rings. The van der Waals surface area contributed by atoms with Gasteiger partial charge in [0.2, 0.25) is 5.91 Å². The molecule has 1 saturated heterocycles. The van der Waals surface area contributed by atoms with Crippen molar-refractivity contribution in [3.05, 3.63) is 0 Å². The van der Waals surface area contributed by atoms with Gasteiger partial charge in [-0.1, -0.05) is 19.3 Å². The summed E-state index contributed by atoms with van der Waals surface area (Å²) in [7, 11) is 0. The van der Waals surface area contributed by atoms with Crippen LogP contribution in [0.15, 0.2) is 0 Å². The molecule has 0 aromatic carbocycles. The Kier molecular flexibility index (Phi) is 4.54. The first kappa shape index (κ1) is 16.4. The summed E-state index contributed by atoms with van der Waals surface area (Å²) in [4.78, 5) is 29.2. The van der Waals surface area contributed by atoms with E-state index in [0.29, 0.717) is 12.0 Å². The molecule has 0 aromatic rings. The van der Waals surface area contributed by atoms with E-state index in [1.807, 2.05) is 4.90 Å². The van der Waals surface area contributed by atoms with Crippen molar-refractivity contribution in [1.29, 1.82) is 0 Å². The number of piperazine rings is 1. The van der Waals surface area contributed by atoms with E-state index in [1.54, 1.807) is 0 Å². The smallest absolute Gasteiger partial charge is 0.307 e. The molecule has 0 spiro atoms. The third-order valence-corrected chi connectivity index (χ3v) is 7.20. The minimum Gasteiger partial charge on any atom is -0.481 e. The molecule has 1 N–H and O–H groups in total. The van der Waals surface area contributed by atoms with Gasteiger partial charge in [-0.15, -0.1) is 0 Å². The number of carboxylic acid groups (broad SMARTS) is 1. The summed E-state index contributed by atoms with van der Waals surface area (Å²) in [6, 6.07) is 0.713. The first-order valence-corrected chi connectivity index (χ1v) is 9.91. The molecule has 4 fully saturated rings. The predicted molar refractivity (Wildman–Crippen MR) is 90.5 cm³/mol. The molecule has 5 heteroatoms. The Morgan fingerprint density at radius 1 is 0.792 bits per heavy atom. The Labute approximate surface area is 144 Å². The van der Waals surface area contributed by atoms with Crippen molar-refractivity contribution in [1.82, 2.24) is 9.80 Å². The fourth-order valence-corrected chi connectivity index (χ4v) is 5.97. The third-order valence-electron chi connectivity index (χ3n) is 7.20. The number of aliphatic carboxylic acids is 1. The molecule has 3 aliphatic carbocycles. The lowest BCUT2D eigenvalue weighted by Gasteiger charge is -2.42. The number of carbonyl (C=O) groups excluding carboxylic acids is 1. The van der Waals surface area contributed by atoms with E-state index in [1.165, 1.54) is 32.1 Å². The van der Waals surface area contributed by atoms with Crippen LogP contribution in [-0.2, 0) is 9.59 Å². The van der Waals surface area contributed by atoms with Crippen LogP contribution in [0.5, 0.6) is 0 Å². The number of carbonyl (C=O) groups is 2. The number of fused-ring (bicyclic) bond motifs is 2. The zero-order chi connectivity index (χ0) is 16.7. The van der Waals surface area contributed by atoms with Gasteiger partial charge in [-0.2, -0.15) is 0 Å². The Morgan fingerprint density at radius 2 is 1.42 bits per heavy atom. The van der Waals surface area contributed by atoms with E-state index in [9.17, 15) is 14.7 Å². The van der Waals surface area contributed by atoms with E-state index in [0.717, 1.165) is 45.4 Å². The van der Waals surface area contributed by atoms with Crippen LogP contribution >= 0.6 is 0 Å². The number of amides is 1. The van der Waals surface area contributed by atoms with Crippen LogP contribution in [0.3, 0.4) is 0 Å². The molecule has 134 valence electrons. The van der Waals surface area contributed by atoms with E-state index >= 15 is 0 Å². The number of nitrogens with zero attached hydrogens (tertiary/aromatic N) is 2. The monoisotopic (exact) mass is 334 g/mol. The average Bonchev–Trinajstić information content (AvgIpc) is 3.23. The van der Waals surface area contributed by atoms with Crippen LogP contribution in [0.2, 0.25) is 0 Å². The highest BCUT2D eigenvalue weighted by molar-refractivity contribution is 5.86. The summed E-state index contributed by atoms with van der Waals surface area (Å²) in [6.07, 6.45) is 9.67. The maximum absolute atomic E-state index is 13.0. The molecule has 1 amide bonds. The zero-order valence-corrected chi connectivity index (χ0v) is 14.5. The highest BCUT2D eigenvalue weighted by Crippen LogP contribution is 2.53. The zero-order valence-electron chi connectivity index (χ0n) is 14.5. The Balaban J connectivity index is 1.37. The predicted octanol–water partition coefficient (Wildman–Crippen LogP) is 2.21.